The van der Waals surface area contributed by atoms with Crippen LogP contribution in [0.3, 0.4) is 0 Å². The average Bonchev–Trinajstić information content (AvgIpc) is 2.19. The Kier molecular flexibility index (Phi) is 10.4. The minimum atomic E-state index is -0.481. The Morgan fingerprint density at radius 3 is 2.08 bits per heavy atom. The van der Waals surface area contributed by atoms with E-state index >= 15 is 0 Å². The molecule has 0 radical (unpaired) electrons. The van der Waals surface area contributed by atoms with Gasteiger partial charge in [-0.2, -0.15) is 0 Å². The molecule has 0 unspecified atom stereocenters. The number of amides is 1. The fraction of sp³-hybridized carbons (Fsp3) is 0.800. The number of carbonyl (C=O) groups is 2. The summed E-state index contributed by atoms with van der Waals surface area (Å²) in [6.07, 6.45) is 1.72. The normalized spacial score (nSPS) is 10.8. The summed E-state index contributed by atoms with van der Waals surface area (Å²) in [5, 5.41) is 2.32. The van der Waals surface area contributed by atoms with Crippen LogP contribution in [0.25, 0.3) is 0 Å². The third-order valence-electron chi connectivity index (χ3n) is 1.62. The Hall–Kier alpha value is -0.860. The molecule has 1 amide bonds. The first-order valence-corrected chi connectivity index (χ1v) is 4.89. The lowest BCUT2D eigenvalue weighted by atomic mass is 10.0. The van der Waals surface area contributed by atoms with Crippen molar-refractivity contribution in [3.8, 4) is 0 Å². The van der Waals surface area contributed by atoms with Gasteiger partial charge < -0.3 is 5.32 Å². The fourth-order valence-corrected chi connectivity index (χ4v) is 0.911. The molecule has 0 saturated carbocycles. The summed E-state index contributed by atoms with van der Waals surface area (Å²) in [7, 11) is 1.47. The Morgan fingerprint density at radius 1 is 1.31 bits per heavy atom. The topological polar surface area (TPSA) is 46.2 Å². The van der Waals surface area contributed by atoms with Gasteiger partial charge in [0.25, 0.3) is 5.91 Å². The third kappa shape index (κ3) is 6.31. The SMILES string of the molecule is CC.CCC[C@H](C)C(=O)C(=O)NC. The van der Waals surface area contributed by atoms with Crippen LogP contribution in [0.4, 0.5) is 0 Å². The first-order chi connectivity index (χ1) is 6.13. The molecule has 0 aromatic rings. The van der Waals surface area contributed by atoms with E-state index < -0.39 is 5.91 Å². The molecule has 0 aromatic carbocycles. The van der Waals surface area contributed by atoms with Gasteiger partial charge in [0.15, 0.2) is 0 Å². The highest BCUT2D eigenvalue weighted by molar-refractivity contribution is 6.36. The molecule has 0 aromatic heterocycles. The van der Waals surface area contributed by atoms with Crippen LogP contribution < -0.4 is 5.32 Å². The van der Waals surface area contributed by atoms with Crippen molar-refractivity contribution >= 4 is 11.7 Å². The molecule has 1 N–H and O–H groups in total. The first kappa shape index (κ1) is 14.7. The molecule has 0 saturated heterocycles. The number of hydrogen-bond acceptors (Lipinski definition) is 2. The summed E-state index contributed by atoms with van der Waals surface area (Å²) >= 11 is 0. The Morgan fingerprint density at radius 2 is 1.77 bits per heavy atom. The predicted molar refractivity (Wildman–Crippen MR) is 54.5 cm³/mol. The fourth-order valence-electron chi connectivity index (χ4n) is 0.911. The third-order valence-corrected chi connectivity index (χ3v) is 1.62. The lowest BCUT2D eigenvalue weighted by Crippen LogP contribution is -2.31. The van der Waals surface area contributed by atoms with Gasteiger partial charge in [-0.25, -0.2) is 0 Å². The van der Waals surface area contributed by atoms with Crippen molar-refractivity contribution in [1.29, 1.82) is 0 Å². The van der Waals surface area contributed by atoms with E-state index in [1.165, 1.54) is 7.05 Å². The standard InChI is InChI=1S/C8H15NO2.C2H6/c1-4-5-6(2)7(10)8(11)9-3;1-2/h6H,4-5H2,1-3H3,(H,9,11);1-2H3/t6-;/m0./s1. The van der Waals surface area contributed by atoms with Crippen LogP contribution in [0.2, 0.25) is 0 Å². The maximum absolute atomic E-state index is 11.1. The van der Waals surface area contributed by atoms with Crippen molar-refractivity contribution in [2.24, 2.45) is 5.92 Å². The van der Waals surface area contributed by atoms with Gasteiger partial charge in [0.2, 0.25) is 5.78 Å². The molecule has 13 heavy (non-hydrogen) atoms. The van der Waals surface area contributed by atoms with E-state index in [4.69, 9.17) is 0 Å². The molecule has 3 nitrogen and oxygen atoms in total. The number of Topliss-reactive ketones (excluding diaryl/α,β-unsaturated/α-hetero) is 1. The van der Waals surface area contributed by atoms with Gasteiger partial charge in [-0.05, 0) is 6.42 Å². The second kappa shape index (κ2) is 9.23. The van der Waals surface area contributed by atoms with Gasteiger partial charge in [0, 0.05) is 13.0 Å². The molecule has 0 spiro atoms. The molecule has 0 heterocycles. The molecule has 0 bridgehead atoms. The number of hydrogen-bond donors (Lipinski definition) is 1. The van der Waals surface area contributed by atoms with Crippen molar-refractivity contribution in [1.82, 2.24) is 5.32 Å². The molecular formula is C10H21NO2. The van der Waals surface area contributed by atoms with E-state index in [9.17, 15) is 9.59 Å². The second-order valence-electron chi connectivity index (χ2n) is 2.63. The van der Waals surface area contributed by atoms with Gasteiger partial charge in [-0.1, -0.05) is 34.1 Å². The van der Waals surface area contributed by atoms with Crippen molar-refractivity contribution in [2.75, 3.05) is 7.05 Å². The molecule has 1 atom stereocenters. The Labute approximate surface area is 80.9 Å². The van der Waals surface area contributed by atoms with Crippen molar-refractivity contribution in [3.63, 3.8) is 0 Å². The van der Waals surface area contributed by atoms with Crippen molar-refractivity contribution in [3.05, 3.63) is 0 Å². The zero-order valence-corrected chi connectivity index (χ0v) is 9.31. The zero-order chi connectivity index (χ0) is 10.9. The minimum absolute atomic E-state index is 0.139. The molecule has 0 aliphatic heterocycles. The molecule has 78 valence electrons. The van der Waals surface area contributed by atoms with E-state index in [1.54, 1.807) is 6.92 Å². The molecule has 0 aliphatic carbocycles. The minimum Gasteiger partial charge on any atom is -0.353 e. The molecular weight excluding hydrogens is 166 g/mol. The molecule has 3 heteroatoms. The molecule has 0 fully saturated rings. The lowest BCUT2D eigenvalue weighted by Gasteiger charge is -2.06. The number of ketones is 1. The number of rotatable bonds is 4. The number of nitrogens with one attached hydrogen (secondary N) is 1. The molecule has 0 aliphatic rings. The predicted octanol–water partition coefficient (Wildman–Crippen LogP) is 1.76. The van der Waals surface area contributed by atoms with Crippen LogP contribution in [-0.4, -0.2) is 18.7 Å². The summed E-state index contributed by atoms with van der Waals surface area (Å²) in [4.78, 5) is 21.8. The summed E-state index contributed by atoms with van der Waals surface area (Å²) in [5.74, 6) is -0.930. The van der Waals surface area contributed by atoms with Crippen LogP contribution in [-0.2, 0) is 9.59 Å². The van der Waals surface area contributed by atoms with Crippen molar-refractivity contribution in [2.45, 2.75) is 40.5 Å². The maximum atomic E-state index is 11.1. The van der Waals surface area contributed by atoms with Crippen LogP contribution in [0.5, 0.6) is 0 Å². The maximum Gasteiger partial charge on any atom is 0.287 e. The monoisotopic (exact) mass is 187 g/mol. The van der Waals surface area contributed by atoms with Gasteiger partial charge in [-0.15, -0.1) is 0 Å². The van der Waals surface area contributed by atoms with Crippen LogP contribution in [0, 0.1) is 5.92 Å². The second-order valence-corrected chi connectivity index (χ2v) is 2.63. The average molecular weight is 187 g/mol. The zero-order valence-electron chi connectivity index (χ0n) is 9.31. The summed E-state index contributed by atoms with van der Waals surface area (Å²) < 4.78 is 0. The van der Waals surface area contributed by atoms with E-state index in [2.05, 4.69) is 5.32 Å². The van der Waals surface area contributed by atoms with E-state index in [0.29, 0.717) is 0 Å². The van der Waals surface area contributed by atoms with Crippen LogP contribution in [0.1, 0.15) is 40.5 Å². The Balaban J connectivity index is 0. The van der Waals surface area contributed by atoms with Gasteiger partial charge in [0.1, 0.15) is 0 Å². The van der Waals surface area contributed by atoms with Gasteiger partial charge >= 0.3 is 0 Å². The summed E-state index contributed by atoms with van der Waals surface area (Å²) in [6.45, 7) is 7.77. The summed E-state index contributed by atoms with van der Waals surface area (Å²) in [5.41, 5.74) is 0. The smallest absolute Gasteiger partial charge is 0.287 e. The first-order valence-electron chi connectivity index (χ1n) is 4.89. The van der Waals surface area contributed by atoms with E-state index in [1.807, 2.05) is 20.8 Å². The van der Waals surface area contributed by atoms with E-state index in [0.717, 1.165) is 12.8 Å². The highest BCUT2D eigenvalue weighted by Gasteiger charge is 2.18. The van der Waals surface area contributed by atoms with E-state index in [-0.39, 0.29) is 11.7 Å². The summed E-state index contributed by atoms with van der Waals surface area (Å²) in [6, 6.07) is 0. The highest BCUT2D eigenvalue weighted by Crippen LogP contribution is 2.05. The Bertz CT molecular complexity index is 155. The van der Waals surface area contributed by atoms with Crippen LogP contribution in [0.15, 0.2) is 0 Å². The van der Waals surface area contributed by atoms with Crippen LogP contribution >= 0.6 is 0 Å². The van der Waals surface area contributed by atoms with Gasteiger partial charge in [0.05, 0.1) is 0 Å². The number of carbonyl (C=O) groups excluding carboxylic acids is 2. The number of likely N-dealkylation sites (N-methyl/N-ethyl adjacent to an activating group) is 1. The lowest BCUT2D eigenvalue weighted by molar-refractivity contribution is -0.139. The van der Waals surface area contributed by atoms with Gasteiger partial charge in [-0.3, -0.25) is 9.59 Å². The quantitative estimate of drug-likeness (QED) is 0.682. The molecule has 0 rings (SSSR count). The highest BCUT2D eigenvalue weighted by atomic mass is 16.2. The largest absolute Gasteiger partial charge is 0.353 e. The van der Waals surface area contributed by atoms with Crippen molar-refractivity contribution < 1.29 is 9.59 Å².